The molecule has 0 saturated heterocycles. The second-order valence-corrected chi connectivity index (χ2v) is 10.9. The monoisotopic (exact) mass is 722 g/mol. The van der Waals surface area contributed by atoms with Crippen molar-refractivity contribution in [1.29, 1.82) is 0 Å². The maximum Gasteiger partial charge on any atom is 0.384 e. The van der Waals surface area contributed by atoms with Gasteiger partial charge in [-0.25, -0.2) is 28.8 Å². The molecule has 16 heteroatoms. The maximum atomic E-state index is 12.7. The van der Waals surface area contributed by atoms with Crippen molar-refractivity contribution in [2.75, 3.05) is 42.7 Å². The number of hydrogen-bond donors (Lipinski definition) is 0. The Balaban J connectivity index is 0.000000234. The predicted octanol–water partition coefficient (Wildman–Crippen LogP) is 1.88. The second kappa shape index (κ2) is 16.7. The van der Waals surface area contributed by atoms with Gasteiger partial charge in [-0.15, -0.1) is 0 Å². The van der Waals surface area contributed by atoms with Crippen LogP contribution in [0.3, 0.4) is 0 Å². The summed E-state index contributed by atoms with van der Waals surface area (Å²) in [5, 5.41) is 0. The van der Waals surface area contributed by atoms with Gasteiger partial charge in [-0.05, 0) is 36.4 Å². The van der Waals surface area contributed by atoms with E-state index in [2.05, 4.69) is 9.47 Å². The Kier molecular flexibility index (Phi) is 12.4. The van der Waals surface area contributed by atoms with E-state index >= 15 is 0 Å². The molecule has 2 aromatic heterocycles. The summed E-state index contributed by atoms with van der Waals surface area (Å²) in [5.74, 6) is 1.11. The Morgan fingerprint density at radius 2 is 0.981 bits per heavy atom. The first-order valence-electron chi connectivity index (χ1n) is 15.2. The number of carbonyl (C=O) groups excluding carboxylic acids is 6. The number of furan rings is 2. The average Bonchev–Trinajstić information content (AvgIpc) is 4.03. The first kappa shape index (κ1) is 38.6. The Bertz CT molecular complexity index is 1750. The van der Waals surface area contributed by atoms with Gasteiger partial charge in [0.1, 0.15) is 34.9 Å². The minimum Gasteiger partial charge on any atom is -0.469 e. The van der Waals surface area contributed by atoms with Crippen LogP contribution >= 0.6 is 0 Å². The van der Waals surface area contributed by atoms with Crippen LogP contribution in [0, 0.1) is 11.8 Å². The molecule has 0 spiro atoms. The van der Waals surface area contributed by atoms with Crippen LogP contribution < -0.4 is 0 Å². The highest BCUT2D eigenvalue weighted by molar-refractivity contribution is 6.07. The van der Waals surface area contributed by atoms with Gasteiger partial charge in [0.05, 0.1) is 83.9 Å². The fourth-order valence-electron chi connectivity index (χ4n) is 5.83. The van der Waals surface area contributed by atoms with Gasteiger partial charge in [-0.1, -0.05) is 12.2 Å². The molecule has 4 aliphatic heterocycles. The molecule has 4 bridgehead atoms. The molecule has 6 rings (SSSR count). The Labute approximate surface area is 296 Å². The van der Waals surface area contributed by atoms with Gasteiger partial charge < -0.3 is 46.7 Å². The first-order chi connectivity index (χ1) is 24.9. The van der Waals surface area contributed by atoms with E-state index < -0.39 is 59.2 Å². The summed E-state index contributed by atoms with van der Waals surface area (Å²) in [6.07, 6.45) is 8.73. The molecule has 0 saturated carbocycles. The summed E-state index contributed by atoms with van der Waals surface area (Å²) in [6, 6.07) is 7.61. The SMILES string of the molecule is COC(=O)C#CC(=O)OC.COC(=O)C1=C(C(=O)OC)[C@@]2(C[C@@]34C=C[C@@H](O3)C(C(=O)OC)=C4C(=O)OC)C=C[C@@H]1O2.c1coc(Cc2ccco2)c1. The number of carbonyl (C=O) groups is 6. The lowest BCUT2D eigenvalue weighted by atomic mass is 9.74. The molecule has 0 N–H and O–H groups in total. The van der Waals surface area contributed by atoms with Gasteiger partial charge in [-0.2, -0.15) is 0 Å². The molecule has 4 aliphatic rings. The molecule has 0 aliphatic carbocycles. The van der Waals surface area contributed by atoms with Gasteiger partial charge >= 0.3 is 35.8 Å². The predicted molar refractivity (Wildman–Crippen MR) is 172 cm³/mol. The smallest absolute Gasteiger partial charge is 0.384 e. The summed E-state index contributed by atoms with van der Waals surface area (Å²) in [5.41, 5.74) is -2.96. The lowest BCUT2D eigenvalue weighted by molar-refractivity contribution is -0.140. The second-order valence-electron chi connectivity index (χ2n) is 10.9. The molecular formula is C36H34O16. The normalized spacial score (nSPS) is 22.6. The zero-order valence-electron chi connectivity index (χ0n) is 28.9. The largest absolute Gasteiger partial charge is 0.469 e. The molecule has 52 heavy (non-hydrogen) atoms. The Hall–Kier alpha value is -6.18. The molecule has 0 radical (unpaired) electrons. The van der Waals surface area contributed by atoms with Crippen molar-refractivity contribution < 1.29 is 75.5 Å². The zero-order chi connectivity index (χ0) is 38.1. The zero-order valence-corrected chi connectivity index (χ0v) is 28.9. The average molecular weight is 723 g/mol. The minimum absolute atomic E-state index is 0.0153. The van der Waals surface area contributed by atoms with Crippen LogP contribution in [0.4, 0.5) is 0 Å². The van der Waals surface area contributed by atoms with Crippen LogP contribution in [0.5, 0.6) is 0 Å². The van der Waals surface area contributed by atoms with E-state index in [-0.39, 0.29) is 28.7 Å². The van der Waals surface area contributed by atoms with Gasteiger partial charge in [0.15, 0.2) is 0 Å². The van der Waals surface area contributed by atoms with Crippen molar-refractivity contribution in [2.45, 2.75) is 36.3 Å². The molecule has 2 aromatic rings. The summed E-state index contributed by atoms with van der Waals surface area (Å²) in [6.45, 7) is 0. The quantitative estimate of drug-likeness (QED) is 0.125. The number of esters is 6. The van der Waals surface area contributed by atoms with Crippen molar-refractivity contribution in [1.82, 2.24) is 0 Å². The van der Waals surface area contributed by atoms with Crippen LogP contribution in [-0.2, 0) is 73.1 Å². The van der Waals surface area contributed by atoms with Crippen LogP contribution in [0.1, 0.15) is 17.9 Å². The van der Waals surface area contributed by atoms with Gasteiger partial charge in [0, 0.05) is 18.3 Å². The van der Waals surface area contributed by atoms with Crippen LogP contribution in [0.2, 0.25) is 0 Å². The Morgan fingerprint density at radius 1 is 0.596 bits per heavy atom. The standard InChI is InChI=1S/C21H20O10.C9H8O2.C6H6O4/c1-26-16(22)12-10-5-7-20(30-10,14(12)18(24)28-3)9-21-8-6-11(31-21)13(17(23)27-2)15(21)19(25)29-4;1-3-8(10-5-1)7-9-4-2-6-11-9;1-9-5(7)3-4-6(8)10-2/h5-8,10-11H,9H2,1-4H3;1-6H,7H2;1-2H3/t10-,11+,20-,21+;;. The molecule has 6 heterocycles. The topological polar surface area (TPSA) is 203 Å². The molecule has 274 valence electrons. The number of ether oxygens (including phenoxy) is 8. The van der Waals surface area contributed by atoms with E-state index in [1.165, 1.54) is 42.7 Å². The van der Waals surface area contributed by atoms with E-state index in [9.17, 15) is 28.8 Å². The van der Waals surface area contributed by atoms with Crippen molar-refractivity contribution in [3.8, 4) is 11.8 Å². The van der Waals surface area contributed by atoms with Gasteiger partial charge in [0.25, 0.3) is 0 Å². The van der Waals surface area contributed by atoms with Crippen molar-refractivity contribution in [3.05, 3.63) is 94.9 Å². The third-order valence-electron chi connectivity index (χ3n) is 7.97. The highest BCUT2D eigenvalue weighted by atomic mass is 16.6. The van der Waals surface area contributed by atoms with Crippen LogP contribution in [0.25, 0.3) is 0 Å². The van der Waals surface area contributed by atoms with Crippen LogP contribution in [-0.4, -0.2) is 102 Å². The molecule has 4 atom stereocenters. The number of rotatable bonds is 8. The minimum atomic E-state index is -1.45. The highest BCUT2D eigenvalue weighted by Crippen LogP contribution is 2.54. The lowest BCUT2D eigenvalue weighted by Gasteiger charge is -2.34. The molecule has 0 amide bonds. The summed E-state index contributed by atoms with van der Waals surface area (Å²) in [7, 11) is 7.09. The molecule has 16 nitrogen and oxygen atoms in total. The first-order valence-corrected chi connectivity index (χ1v) is 15.2. The van der Waals surface area contributed by atoms with Gasteiger partial charge in [-0.3, -0.25) is 0 Å². The van der Waals surface area contributed by atoms with E-state index in [4.69, 9.17) is 37.3 Å². The van der Waals surface area contributed by atoms with E-state index in [0.717, 1.165) is 17.9 Å². The highest BCUT2D eigenvalue weighted by Gasteiger charge is 2.63. The summed E-state index contributed by atoms with van der Waals surface area (Å²) < 4.78 is 50.0. The molecule has 0 aromatic carbocycles. The van der Waals surface area contributed by atoms with Crippen LogP contribution in [0.15, 0.2) is 92.2 Å². The third-order valence-corrected chi connectivity index (χ3v) is 7.97. The van der Waals surface area contributed by atoms with Crippen molar-refractivity contribution in [3.63, 3.8) is 0 Å². The molecular weight excluding hydrogens is 688 g/mol. The maximum absolute atomic E-state index is 12.7. The fourth-order valence-corrected chi connectivity index (χ4v) is 5.83. The Morgan fingerprint density at radius 3 is 1.29 bits per heavy atom. The van der Waals surface area contributed by atoms with Gasteiger partial charge in [0.2, 0.25) is 0 Å². The van der Waals surface area contributed by atoms with E-state index in [0.29, 0.717) is 0 Å². The fraction of sp³-hybridized carbons (Fsp3) is 0.333. The number of methoxy groups -OCH3 is 6. The summed E-state index contributed by atoms with van der Waals surface area (Å²) in [4.78, 5) is 70.6. The lowest BCUT2D eigenvalue weighted by Crippen LogP contribution is -2.44. The van der Waals surface area contributed by atoms with E-state index in [1.54, 1.807) is 36.8 Å². The van der Waals surface area contributed by atoms with Crippen molar-refractivity contribution in [2.24, 2.45) is 0 Å². The number of fused-ring (bicyclic) bond motifs is 4. The third kappa shape index (κ3) is 7.90. The molecule has 0 unspecified atom stereocenters. The molecule has 0 fully saturated rings. The summed E-state index contributed by atoms with van der Waals surface area (Å²) >= 11 is 0. The van der Waals surface area contributed by atoms with E-state index in [1.807, 2.05) is 36.1 Å². The number of hydrogen-bond acceptors (Lipinski definition) is 16. The van der Waals surface area contributed by atoms with Crippen molar-refractivity contribution >= 4 is 35.8 Å².